The maximum atomic E-state index is 13.4. The molecule has 0 aromatic heterocycles. The van der Waals surface area contributed by atoms with Crippen LogP contribution in [-0.2, 0) is 0 Å². The maximum Gasteiger partial charge on any atom is 0.201 e. The molecule has 0 atom stereocenters. The molecule has 0 unspecified atom stereocenters. The molecule has 5 heteroatoms. The second-order valence-corrected chi connectivity index (χ2v) is 3.48. The fourth-order valence-corrected chi connectivity index (χ4v) is 1.41. The predicted octanol–water partition coefficient (Wildman–Crippen LogP) is 3.21. The van der Waals surface area contributed by atoms with Gasteiger partial charge in [-0.2, -0.15) is 9.65 Å². The van der Waals surface area contributed by atoms with Gasteiger partial charge < -0.3 is 10.5 Å². The molecule has 2 rings (SSSR count). The van der Waals surface area contributed by atoms with E-state index in [9.17, 15) is 8.78 Å². The van der Waals surface area contributed by atoms with E-state index < -0.39 is 11.6 Å². The number of benzene rings is 2. The van der Waals surface area contributed by atoms with Crippen LogP contribution in [-0.4, -0.2) is 0 Å². The largest absolute Gasteiger partial charge is 0.452 e. The normalized spacial score (nSPS) is 9.83. The van der Waals surface area contributed by atoms with Gasteiger partial charge in [-0.3, -0.25) is 0 Å². The second kappa shape index (κ2) is 4.72. The van der Waals surface area contributed by atoms with Crippen LogP contribution >= 0.6 is 0 Å². The van der Waals surface area contributed by atoms with Crippen molar-refractivity contribution in [2.24, 2.45) is 0 Å². The topological polar surface area (TPSA) is 59.0 Å². The molecule has 90 valence electrons. The first kappa shape index (κ1) is 11.9. The number of ether oxygens (including phenoxy) is 1. The number of hydrogen-bond donors (Lipinski definition) is 1. The summed E-state index contributed by atoms with van der Waals surface area (Å²) in [5.41, 5.74) is 5.97. The Bertz CT molecular complexity index is 635. The molecule has 0 saturated heterocycles. The van der Waals surface area contributed by atoms with E-state index in [4.69, 9.17) is 15.7 Å². The van der Waals surface area contributed by atoms with Gasteiger partial charge in [-0.1, -0.05) is 12.1 Å². The molecule has 18 heavy (non-hydrogen) atoms. The number of para-hydroxylation sites is 1. The summed E-state index contributed by atoms with van der Waals surface area (Å²) in [6.07, 6.45) is 0. The number of nitrogens with two attached hydrogens (primary N) is 1. The third-order valence-electron chi connectivity index (χ3n) is 2.32. The Labute approximate surface area is 102 Å². The molecule has 0 aliphatic carbocycles. The number of halogens is 2. The van der Waals surface area contributed by atoms with E-state index in [0.717, 1.165) is 6.07 Å². The van der Waals surface area contributed by atoms with Gasteiger partial charge in [0.05, 0.1) is 11.3 Å². The smallest absolute Gasteiger partial charge is 0.201 e. The van der Waals surface area contributed by atoms with Crippen molar-refractivity contribution in [3.05, 3.63) is 53.6 Å². The van der Waals surface area contributed by atoms with E-state index in [1.165, 1.54) is 24.3 Å². The van der Waals surface area contributed by atoms with Crippen LogP contribution in [0, 0.1) is 23.0 Å². The fourth-order valence-electron chi connectivity index (χ4n) is 1.41. The van der Waals surface area contributed by atoms with Gasteiger partial charge in [-0.05, 0) is 24.3 Å². The number of nitrogen functional groups attached to an aromatic ring is 1. The van der Waals surface area contributed by atoms with Crippen molar-refractivity contribution in [2.75, 3.05) is 5.73 Å². The Morgan fingerprint density at radius 3 is 2.44 bits per heavy atom. The Balaban J connectivity index is 2.41. The third kappa shape index (κ3) is 2.09. The zero-order chi connectivity index (χ0) is 13.1. The molecule has 0 radical (unpaired) electrons. The molecule has 0 spiro atoms. The minimum Gasteiger partial charge on any atom is -0.452 e. The van der Waals surface area contributed by atoms with E-state index in [0.29, 0.717) is 0 Å². The summed E-state index contributed by atoms with van der Waals surface area (Å²) in [4.78, 5) is 0. The average Bonchev–Trinajstić information content (AvgIpc) is 2.37. The fraction of sp³-hybridized carbons (Fsp3) is 0. The molecule has 2 aromatic carbocycles. The van der Waals surface area contributed by atoms with Gasteiger partial charge >= 0.3 is 0 Å². The van der Waals surface area contributed by atoms with Gasteiger partial charge in [0, 0.05) is 0 Å². The van der Waals surface area contributed by atoms with Gasteiger partial charge in [0.25, 0.3) is 0 Å². The molecule has 0 heterocycles. The van der Waals surface area contributed by atoms with Crippen LogP contribution in [0.1, 0.15) is 5.56 Å². The van der Waals surface area contributed by atoms with Gasteiger partial charge in [-0.25, -0.2) is 4.39 Å². The number of anilines is 1. The van der Waals surface area contributed by atoms with E-state index in [1.54, 1.807) is 6.07 Å². The Morgan fingerprint density at radius 2 is 1.72 bits per heavy atom. The van der Waals surface area contributed by atoms with Crippen molar-refractivity contribution in [3.8, 4) is 17.6 Å². The van der Waals surface area contributed by atoms with E-state index >= 15 is 0 Å². The minimum absolute atomic E-state index is 0.0867. The van der Waals surface area contributed by atoms with Crippen LogP contribution in [0.2, 0.25) is 0 Å². The molecule has 0 amide bonds. The molecule has 3 nitrogen and oxygen atoms in total. The summed E-state index contributed by atoms with van der Waals surface area (Å²) in [5.74, 6) is -2.28. The average molecular weight is 246 g/mol. The number of hydrogen-bond acceptors (Lipinski definition) is 3. The predicted molar refractivity (Wildman–Crippen MR) is 62.0 cm³/mol. The highest BCUT2D eigenvalue weighted by atomic mass is 19.2. The zero-order valence-electron chi connectivity index (χ0n) is 9.15. The third-order valence-corrected chi connectivity index (χ3v) is 2.32. The van der Waals surface area contributed by atoms with Crippen molar-refractivity contribution in [3.63, 3.8) is 0 Å². The highest BCUT2D eigenvalue weighted by Crippen LogP contribution is 2.31. The van der Waals surface area contributed by atoms with Crippen LogP contribution in [0.25, 0.3) is 0 Å². The molecule has 0 aliphatic heterocycles. The summed E-state index contributed by atoms with van der Waals surface area (Å²) >= 11 is 0. The van der Waals surface area contributed by atoms with Gasteiger partial charge in [0.1, 0.15) is 6.07 Å². The molecule has 2 N–H and O–H groups in total. The highest BCUT2D eigenvalue weighted by molar-refractivity contribution is 5.63. The molecule has 0 aliphatic rings. The maximum absolute atomic E-state index is 13.4. The lowest BCUT2D eigenvalue weighted by Gasteiger charge is -2.10. The summed E-state index contributed by atoms with van der Waals surface area (Å²) in [6, 6.07) is 9.97. The highest BCUT2D eigenvalue weighted by Gasteiger charge is 2.12. The van der Waals surface area contributed by atoms with Crippen molar-refractivity contribution >= 4 is 5.69 Å². The van der Waals surface area contributed by atoms with Crippen molar-refractivity contribution in [1.29, 1.82) is 5.26 Å². The molecule has 0 bridgehead atoms. The number of rotatable bonds is 2. The molecule has 0 saturated carbocycles. The first-order valence-corrected chi connectivity index (χ1v) is 5.04. The van der Waals surface area contributed by atoms with Crippen molar-refractivity contribution in [1.82, 2.24) is 0 Å². The SMILES string of the molecule is N#Cc1cccc(Oc2cccc(F)c2F)c1N. The Hall–Kier alpha value is -2.61. The van der Waals surface area contributed by atoms with Crippen LogP contribution in [0.3, 0.4) is 0 Å². The lowest BCUT2D eigenvalue weighted by molar-refractivity contribution is 0.417. The van der Waals surface area contributed by atoms with Crippen LogP contribution in [0.15, 0.2) is 36.4 Å². The lowest BCUT2D eigenvalue weighted by atomic mass is 10.2. The minimum atomic E-state index is -1.10. The Morgan fingerprint density at radius 1 is 1.06 bits per heavy atom. The second-order valence-electron chi connectivity index (χ2n) is 3.48. The quantitative estimate of drug-likeness (QED) is 0.827. The number of nitriles is 1. The summed E-state index contributed by atoms with van der Waals surface area (Å²) in [6.45, 7) is 0. The van der Waals surface area contributed by atoms with Gasteiger partial charge in [0.2, 0.25) is 5.82 Å². The first-order chi connectivity index (χ1) is 8.63. The van der Waals surface area contributed by atoms with Crippen LogP contribution in [0.5, 0.6) is 11.5 Å². The van der Waals surface area contributed by atoms with Crippen molar-refractivity contribution in [2.45, 2.75) is 0 Å². The Kier molecular flexibility index (Phi) is 3.11. The van der Waals surface area contributed by atoms with E-state index in [2.05, 4.69) is 0 Å². The van der Waals surface area contributed by atoms with Crippen molar-refractivity contribution < 1.29 is 13.5 Å². The lowest BCUT2D eigenvalue weighted by Crippen LogP contribution is -1.97. The standard InChI is InChI=1S/C13H8F2N2O/c14-9-4-2-5-10(12(9)15)18-11-6-1-3-8(7-16)13(11)17/h1-6H,17H2. The van der Waals surface area contributed by atoms with Gasteiger partial charge in [-0.15, -0.1) is 0 Å². The summed E-state index contributed by atoms with van der Waals surface area (Å²) < 4.78 is 31.6. The molecule has 0 fully saturated rings. The number of nitrogens with zero attached hydrogens (tertiary/aromatic N) is 1. The molecular weight excluding hydrogens is 238 g/mol. The molecular formula is C13H8F2N2O. The van der Waals surface area contributed by atoms with E-state index in [-0.39, 0.29) is 22.7 Å². The zero-order valence-corrected chi connectivity index (χ0v) is 9.15. The summed E-state index contributed by atoms with van der Waals surface area (Å²) in [7, 11) is 0. The first-order valence-electron chi connectivity index (χ1n) is 5.04. The summed E-state index contributed by atoms with van der Waals surface area (Å²) in [5, 5.41) is 8.79. The van der Waals surface area contributed by atoms with Crippen LogP contribution in [0.4, 0.5) is 14.5 Å². The van der Waals surface area contributed by atoms with Gasteiger partial charge in [0.15, 0.2) is 17.3 Å². The van der Waals surface area contributed by atoms with Crippen LogP contribution < -0.4 is 10.5 Å². The van der Waals surface area contributed by atoms with E-state index in [1.807, 2.05) is 6.07 Å². The monoisotopic (exact) mass is 246 g/mol. The molecule has 2 aromatic rings.